The Labute approximate surface area is 137 Å². The molecule has 6 nitrogen and oxygen atoms in total. The molecule has 128 valence electrons. The second-order valence-corrected chi connectivity index (χ2v) is 5.40. The number of hydrogen-bond acceptors (Lipinski definition) is 3. The standard InChI is InChI=1S/C16H17F2N3O3/c1-10-8-13(16(24)20(2)7-3-4-15(22)23)19-21(10)14-6-5-11(17)9-12(14)18/h5-6,8-9H,3-4,7H2,1-2H3,(H,22,23). The van der Waals surface area contributed by atoms with Gasteiger partial charge in [0.1, 0.15) is 11.5 Å². The third-order valence-electron chi connectivity index (χ3n) is 3.48. The van der Waals surface area contributed by atoms with Gasteiger partial charge in [-0.15, -0.1) is 0 Å². The van der Waals surface area contributed by atoms with E-state index in [1.54, 1.807) is 6.92 Å². The van der Waals surface area contributed by atoms with Crippen LogP contribution < -0.4 is 0 Å². The van der Waals surface area contributed by atoms with E-state index in [1.165, 1.54) is 28.8 Å². The maximum Gasteiger partial charge on any atom is 0.303 e. The van der Waals surface area contributed by atoms with E-state index in [1.807, 2.05) is 0 Å². The van der Waals surface area contributed by atoms with Crippen molar-refractivity contribution in [3.63, 3.8) is 0 Å². The lowest BCUT2D eigenvalue weighted by Crippen LogP contribution is -2.28. The number of carboxylic acids is 1. The fourth-order valence-corrected chi connectivity index (χ4v) is 2.24. The van der Waals surface area contributed by atoms with Gasteiger partial charge in [0.05, 0.1) is 0 Å². The summed E-state index contributed by atoms with van der Waals surface area (Å²) in [4.78, 5) is 24.2. The number of nitrogens with zero attached hydrogens (tertiary/aromatic N) is 3. The first kappa shape index (κ1) is 17.6. The Hall–Kier alpha value is -2.77. The van der Waals surface area contributed by atoms with Gasteiger partial charge in [-0.25, -0.2) is 13.5 Å². The van der Waals surface area contributed by atoms with Gasteiger partial charge in [0.2, 0.25) is 0 Å². The Morgan fingerprint density at radius 1 is 1.29 bits per heavy atom. The predicted molar refractivity (Wildman–Crippen MR) is 82.0 cm³/mol. The van der Waals surface area contributed by atoms with Crippen molar-refractivity contribution >= 4 is 11.9 Å². The number of amides is 1. The van der Waals surface area contributed by atoms with Gasteiger partial charge in [-0.05, 0) is 31.5 Å². The number of hydrogen-bond donors (Lipinski definition) is 1. The molecule has 8 heteroatoms. The third-order valence-corrected chi connectivity index (χ3v) is 3.48. The minimum absolute atomic E-state index is 0.0358. The zero-order valence-electron chi connectivity index (χ0n) is 13.3. The van der Waals surface area contributed by atoms with Crippen LogP contribution in [0.2, 0.25) is 0 Å². The molecule has 0 radical (unpaired) electrons. The minimum Gasteiger partial charge on any atom is -0.481 e. The number of benzene rings is 1. The summed E-state index contributed by atoms with van der Waals surface area (Å²) in [6.45, 7) is 1.92. The van der Waals surface area contributed by atoms with E-state index in [4.69, 9.17) is 5.11 Å². The molecular formula is C16H17F2N3O3. The maximum absolute atomic E-state index is 13.9. The van der Waals surface area contributed by atoms with Crippen molar-refractivity contribution in [3.05, 3.63) is 47.3 Å². The lowest BCUT2D eigenvalue weighted by molar-refractivity contribution is -0.137. The van der Waals surface area contributed by atoms with Crippen LogP contribution in [0, 0.1) is 18.6 Å². The summed E-state index contributed by atoms with van der Waals surface area (Å²) < 4.78 is 28.1. The monoisotopic (exact) mass is 337 g/mol. The highest BCUT2D eigenvalue weighted by Gasteiger charge is 2.18. The molecule has 0 fully saturated rings. The van der Waals surface area contributed by atoms with E-state index >= 15 is 0 Å². The summed E-state index contributed by atoms with van der Waals surface area (Å²) >= 11 is 0. The SMILES string of the molecule is Cc1cc(C(=O)N(C)CCCC(=O)O)nn1-c1ccc(F)cc1F. The Balaban J connectivity index is 2.18. The van der Waals surface area contributed by atoms with E-state index < -0.39 is 23.5 Å². The molecule has 1 aromatic heterocycles. The Bertz CT molecular complexity index is 774. The minimum atomic E-state index is -0.928. The number of aryl methyl sites for hydroxylation is 1. The van der Waals surface area contributed by atoms with Crippen molar-refractivity contribution in [1.29, 1.82) is 0 Å². The summed E-state index contributed by atoms with van der Waals surface area (Å²) in [6.07, 6.45) is 0.287. The third kappa shape index (κ3) is 3.95. The lowest BCUT2D eigenvalue weighted by Gasteiger charge is -2.14. The van der Waals surface area contributed by atoms with E-state index in [0.29, 0.717) is 12.1 Å². The summed E-state index contributed by atoms with van der Waals surface area (Å²) in [6, 6.07) is 4.60. The number of carbonyl (C=O) groups excluding carboxylic acids is 1. The Kier molecular flexibility index (Phi) is 5.28. The van der Waals surface area contributed by atoms with Gasteiger partial charge in [0.25, 0.3) is 5.91 Å². The van der Waals surface area contributed by atoms with Crippen LogP contribution in [-0.2, 0) is 4.79 Å². The molecule has 0 saturated carbocycles. The smallest absolute Gasteiger partial charge is 0.303 e. The van der Waals surface area contributed by atoms with E-state index in [0.717, 1.165) is 12.1 Å². The first-order valence-electron chi connectivity index (χ1n) is 7.29. The van der Waals surface area contributed by atoms with Crippen molar-refractivity contribution in [2.45, 2.75) is 19.8 Å². The second kappa shape index (κ2) is 7.20. The van der Waals surface area contributed by atoms with Gasteiger partial charge in [-0.2, -0.15) is 5.10 Å². The van der Waals surface area contributed by atoms with E-state index in [-0.39, 0.29) is 24.3 Å². The molecule has 0 saturated heterocycles. The molecule has 1 amide bonds. The van der Waals surface area contributed by atoms with Crippen LogP contribution in [0.1, 0.15) is 29.0 Å². The molecular weight excluding hydrogens is 320 g/mol. The molecule has 1 heterocycles. The van der Waals surface area contributed by atoms with Crippen LogP contribution in [0.5, 0.6) is 0 Å². The van der Waals surface area contributed by atoms with Crippen molar-refractivity contribution in [3.8, 4) is 5.69 Å². The summed E-state index contributed by atoms with van der Waals surface area (Å²) in [7, 11) is 1.54. The molecule has 1 aromatic carbocycles. The van der Waals surface area contributed by atoms with Crippen LogP contribution in [0.25, 0.3) is 5.69 Å². The van der Waals surface area contributed by atoms with Crippen LogP contribution in [-0.4, -0.2) is 45.3 Å². The Morgan fingerprint density at radius 2 is 2.00 bits per heavy atom. The maximum atomic E-state index is 13.9. The van der Waals surface area contributed by atoms with Gasteiger partial charge in [-0.3, -0.25) is 9.59 Å². The van der Waals surface area contributed by atoms with Gasteiger partial charge < -0.3 is 10.0 Å². The predicted octanol–water partition coefficient (Wildman–Crippen LogP) is 2.40. The fourth-order valence-electron chi connectivity index (χ4n) is 2.24. The normalized spacial score (nSPS) is 10.7. The molecule has 0 aliphatic carbocycles. The summed E-state index contributed by atoms with van der Waals surface area (Å²) in [5.74, 6) is -2.81. The molecule has 2 rings (SSSR count). The zero-order chi connectivity index (χ0) is 17.9. The fraction of sp³-hybridized carbons (Fsp3) is 0.312. The van der Waals surface area contributed by atoms with Gasteiger partial charge >= 0.3 is 5.97 Å². The van der Waals surface area contributed by atoms with E-state index in [9.17, 15) is 18.4 Å². The zero-order valence-corrected chi connectivity index (χ0v) is 13.3. The largest absolute Gasteiger partial charge is 0.481 e. The number of rotatable bonds is 6. The van der Waals surface area contributed by atoms with Gasteiger partial charge in [-0.1, -0.05) is 0 Å². The van der Waals surface area contributed by atoms with E-state index in [2.05, 4.69) is 5.10 Å². The molecule has 0 atom stereocenters. The molecule has 0 aliphatic rings. The second-order valence-electron chi connectivity index (χ2n) is 5.40. The quantitative estimate of drug-likeness (QED) is 0.878. The van der Waals surface area contributed by atoms with Crippen LogP contribution in [0.4, 0.5) is 8.78 Å². The molecule has 0 bridgehead atoms. The van der Waals surface area contributed by atoms with Crippen molar-refractivity contribution < 1.29 is 23.5 Å². The lowest BCUT2D eigenvalue weighted by atomic mass is 10.2. The van der Waals surface area contributed by atoms with Gasteiger partial charge in [0.15, 0.2) is 11.5 Å². The molecule has 1 N–H and O–H groups in total. The molecule has 0 spiro atoms. The highest BCUT2D eigenvalue weighted by Crippen LogP contribution is 2.17. The molecule has 0 unspecified atom stereocenters. The average Bonchev–Trinajstić information content (AvgIpc) is 2.87. The van der Waals surface area contributed by atoms with Crippen LogP contribution in [0.15, 0.2) is 24.3 Å². The van der Waals surface area contributed by atoms with Crippen molar-refractivity contribution in [1.82, 2.24) is 14.7 Å². The first-order chi connectivity index (χ1) is 11.3. The number of carboxylic acid groups (broad SMARTS) is 1. The van der Waals surface area contributed by atoms with Crippen molar-refractivity contribution in [2.24, 2.45) is 0 Å². The van der Waals surface area contributed by atoms with Gasteiger partial charge in [0, 0.05) is 31.8 Å². The van der Waals surface area contributed by atoms with Crippen LogP contribution >= 0.6 is 0 Å². The average molecular weight is 337 g/mol. The van der Waals surface area contributed by atoms with Crippen molar-refractivity contribution in [2.75, 3.05) is 13.6 Å². The highest BCUT2D eigenvalue weighted by molar-refractivity contribution is 5.92. The van der Waals surface area contributed by atoms with Crippen LogP contribution in [0.3, 0.4) is 0 Å². The summed E-state index contributed by atoms with van der Waals surface area (Å²) in [5, 5.41) is 12.7. The number of aliphatic carboxylic acids is 1. The highest BCUT2D eigenvalue weighted by atomic mass is 19.1. The molecule has 24 heavy (non-hydrogen) atoms. The number of halogens is 2. The summed E-state index contributed by atoms with van der Waals surface area (Å²) in [5.41, 5.74) is 0.665. The number of aromatic nitrogens is 2. The first-order valence-corrected chi connectivity index (χ1v) is 7.29. The topological polar surface area (TPSA) is 75.4 Å². The number of carbonyl (C=O) groups is 2. The molecule has 0 aliphatic heterocycles. The molecule has 2 aromatic rings. The Morgan fingerprint density at radius 3 is 2.62 bits per heavy atom.